The Morgan fingerprint density at radius 1 is 1.11 bits per heavy atom. The molecule has 0 amide bonds. The summed E-state index contributed by atoms with van der Waals surface area (Å²) in [7, 11) is 1.46. The Hall–Kier alpha value is -2.77. The summed E-state index contributed by atoms with van der Waals surface area (Å²) in [6.45, 7) is 0. The van der Waals surface area contributed by atoms with E-state index in [4.69, 9.17) is 0 Å². The van der Waals surface area contributed by atoms with E-state index < -0.39 is 26.8 Å². The minimum Gasteiger partial charge on any atom is -0.318 e. The number of non-ortho nitro benzene ring substituents is 2. The van der Waals surface area contributed by atoms with Crippen LogP contribution >= 0.6 is 0 Å². The minimum atomic E-state index is -0.765. The van der Waals surface area contributed by atoms with Gasteiger partial charge < -0.3 is 4.57 Å². The normalized spacial score (nSPS) is 10.5. The fourth-order valence-corrected chi connectivity index (χ4v) is 1.68. The van der Waals surface area contributed by atoms with Gasteiger partial charge in [-0.25, -0.2) is 0 Å². The second-order valence-corrected chi connectivity index (χ2v) is 3.67. The zero-order chi connectivity index (χ0) is 13.4. The van der Waals surface area contributed by atoms with Gasteiger partial charge in [-0.15, -0.1) is 0 Å². The Morgan fingerprint density at radius 2 is 1.78 bits per heavy atom. The van der Waals surface area contributed by atoms with Crippen LogP contribution in [0.2, 0.25) is 0 Å². The van der Waals surface area contributed by atoms with Crippen LogP contribution in [0.15, 0.2) is 29.2 Å². The first-order valence-corrected chi connectivity index (χ1v) is 4.84. The molecule has 1 aromatic heterocycles. The van der Waals surface area contributed by atoms with Gasteiger partial charge in [-0.2, -0.15) is 0 Å². The van der Waals surface area contributed by atoms with Crippen molar-refractivity contribution in [3.63, 3.8) is 0 Å². The van der Waals surface area contributed by atoms with Crippen molar-refractivity contribution in [2.24, 2.45) is 7.05 Å². The molecule has 1 heterocycles. The van der Waals surface area contributed by atoms with Crippen LogP contribution < -0.4 is 5.56 Å². The smallest absolute Gasteiger partial charge is 0.284 e. The number of fused-ring (bicyclic) bond motifs is 1. The largest absolute Gasteiger partial charge is 0.318 e. The third kappa shape index (κ3) is 1.69. The van der Waals surface area contributed by atoms with E-state index in [1.807, 2.05) is 0 Å². The number of nitrogens with zero attached hydrogens (tertiary/aromatic N) is 3. The molecule has 0 N–H and O–H groups in total. The molecule has 92 valence electrons. The van der Waals surface area contributed by atoms with Gasteiger partial charge >= 0.3 is 0 Å². The van der Waals surface area contributed by atoms with Crippen LogP contribution in [0.25, 0.3) is 10.8 Å². The highest BCUT2D eigenvalue weighted by molar-refractivity contribution is 5.92. The maximum atomic E-state index is 11.8. The number of pyridine rings is 1. The predicted molar refractivity (Wildman–Crippen MR) is 62.5 cm³/mol. The van der Waals surface area contributed by atoms with Gasteiger partial charge in [0.1, 0.15) is 0 Å². The van der Waals surface area contributed by atoms with Gasteiger partial charge in [-0.05, 0) is 6.07 Å². The summed E-state index contributed by atoms with van der Waals surface area (Å²) in [5, 5.41) is 21.6. The van der Waals surface area contributed by atoms with Crippen molar-refractivity contribution in [2.75, 3.05) is 0 Å². The van der Waals surface area contributed by atoms with Crippen molar-refractivity contribution in [3.05, 3.63) is 55.0 Å². The number of nitro groups is 2. The first kappa shape index (κ1) is 11.7. The average molecular weight is 249 g/mol. The minimum absolute atomic E-state index is 0.0408. The molecule has 0 radical (unpaired) electrons. The summed E-state index contributed by atoms with van der Waals surface area (Å²) in [5.41, 5.74) is -1.44. The van der Waals surface area contributed by atoms with Crippen molar-refractivity contribution in [1.82, 2.24) is 4.57 Å². The Bertz CT molecular complexity index is 734. The molecule has 0 spiro atoms. The standard InChI is InChI=1S/C10H7N3O5/c1-11-3-2-7-8(10(11)14)4-6(12(15)16)5-9(7)13(17)18/h2-5H,1H3. The van der Waals surface area contributed by atoms with Crippen LogP contribution in [0.1, 0.15) is 0 Å². The molecule has 0 unspecified atom stereocenters. The molecule has 0 atom stereocenters. The molecule has 18 heavy (non-hydrogen) atoms. The summed E-state index contributed by atoms with van der Waals surface area (Å²) >= 11 is 0. The lowest BCUT2D eigenvalue weighted by molar-refractivity contribution is -0.393. The number of aromatic nitrogens is 1. The quantitative estimate of drug-likeness (QED) is 0.589. The summed E-state index contributed by atoms with van der Waals surface area (Å²) in [4.78, 5) is 31.8. The first-order valence-electron chi connectivity index (χ1n) is 4.84. The number of hydrogen-bond acceptors (Lipinski definition) is 5. The van der Waals surface area contributed by atoms with Gasteiger partial charge in [-0.1, -0.05) is 0 Å². The van der Waals surface area contributed by atoms with Gasteiger partial charge in [0.15, 0.2) is 0 Å². The lowest BCUT2D eigenvalue weighted by Crippen LogP contribution is -2.16. The molecule has 0 saturated carbocycles. The van der Waals surface area contributed by atoms with Crippen molar-refractivity contribution in [3.8, 4) is 0 Å². The summed E-state index contributed by atoms with van der Waals surface area (Å²) < 4.78 is 1.20. The monoisotopic (exact) mass is 249 g/mol. The highest BCUT2D eigenvalue weighted by Gasteiger charge is 2.20. The topological polar surface area (TPSA) is 108 Å². The molecule has 0 saturated heterocycles. The summed E-state index contributed by atoms with van der Waals surface area (Å²) in [6.07, 6.45) is 1.38. The molecule has 1 aromatic carbocycles. The van der Waals surface area contributed by atoms with E-state index in [-0.39, 0.29) is 10.8 Å². The van der Waals surface area contributed by atoms with Gasteiger partial charge in [0.2, 0.25) is 0 Å². The molecule has 0 aliphatic rings. The van der Waals surface area contributed by atoms with Gasteiger partial charge in [0.25, 0.3) is 16.9 Å². The molecule has 0 aliphatic heterocycles. The van der Waals surface area contributed by atoms with Crippen molar-refractivity contribution >= 4 is 22.1 Å². The fourth-order valence-electron chi connectivity index (χ4n) is 1.68. The molecule has 2 aromatic rings. The van der Waals surface area contributed by atoms with Crippen molar-refractivity contribution in [1.29, 1.82) is 0 Å². The number of benzene rings is 1. The van der Waals surface area contributed by atoms with Crippen LogP contribution in [-0.4, -0.2) is 14.4 Å². The van der Waals surface area contributed by atoms with E-state index >= 15 is 0 Å². The zero-order valence-electron chi connectivity index (χ0n) is 9.19. The molecule has 0 fully saturated rings. The maximum absolute atomic E-state index is 11.8. The Morgan fingerprint density at radius 3 is 2.33 bits per heavy atom. The fraction of sp³-hybridized carbons (Fsp3) is 0.100. The number of hydrogen-bond donors (Lipinski definition) is 0. The Balaban J connectivity index is 2.99. The second kappa shape index (κ2) is 3.91. The SMILES string of the molecule is Cn1ccc2c([N+](=O)[O-])cc([N+](=O)[O-])cc2c1=O. The third-order valence-electron chi connectivity index (χ3n) is 2.57. The van der Waals surface area contributed by atoms with Gasteiger partial charge in [-0.3, -0.25) is 25.0 Å². The highest BCUT2D eigenvalue weighted by atomic mass is 16.6. The zero-order valence-corrected chi connectivity index (χ0v) is 9.19. The van der Waals surface area contributed by atoms with E-state index in [0.717, 1.165) is 12.1 Å². The van der Waals surface area contributed by atoms with E-state index in [9.17, 15) is 25.0 Å². The maximum Gasteiger partial charge on any atom is 0.284 e. The van der Waals surface area contributed by atoms with E-state index in [1.165, 1.54) is 23.9 Å². The van der Waals surface area contributed by atoms with Crippen molar-refractivity contribution < 1.29 is 9.85 Å². The summed E-state index contributed by atoms with van der Waals surface area (Å²) in [5.74, 6) is 0. The molecule has 2 rings (SSSR count). The molecular formula is C10H7N3O5. The molecule has 8 heteroatoms. The average Bonchev–Trinajstić information content (AvgIpc) is 2.32. The Labute approximate surface area is 99.4 Å². The summed E-state index contributed by atoms with van der Waals surface area (Å²) in [6, 6.07) is 3.28. The predicted octanol–water partition coefficient (Wildman–Crippen LogP) is 1.35. The lowest BCUT2D eigenvalue weighted by atomic mass is 10.1. The van der Waals surface area contributed by atoms with Crippen LogP contribution in [0, 0.1) is 20.2 Å². The van der Waals surface area contributed by atoms with Crippen LogP contribution in [0.4, 0.5) is 11.4 Å². The first-order chi connectivity index (χ1) is 8.41. The van der Waals surface area contributed by atoms with Crippen LogP contribution in [0.3, 0.4) is 0 Å². The molecule has 0 aliphatic carbocycles. The highest BCUT2D eigenvalue weighted by Crippen LogP contribution is 2.28. The van der Waals surface area contributed by atoms with Gasteiger partial charge in [0.05, 0.1) is 26.7 Å². The molecule has 8 nitrogen and oxygen atoms in total. The number of rotatable bonds is 2. The number of nitro benzene ring substituents is 2. The van der Waals surface area contributed by atoms with E-state index in [1.54, 1.807) is 0 Å². The van der Waals surface area contributed by atoms with Gasteiger partial charge in [0, 0.05) is 19.3 Å². The molecular weight excluding hydrogens is 242 g/mol. The van der Waals surface area contributed by atoms with E-state index in [2.05, 4.69) is 0 Å². The van der Waals surface area contributed by atoms with Crippen LogP contribution in [-0.2, 0) is 7.05 Å². The number of aryl methyl sites for hydroxylation is 1. The Kier molecular flexibility index (Phi) is 2.55. The second-order valence-electron chi connectivity index (χ2n) is 3.67. The van der Waals surface area contributed by atoms with E-state index in [0.29, 0.717) is 0 Å². The van der Waals surface area contributed by atoms with Crippen LogP contribution in [0.5, 0.6) is 0 Å². The lowest BCUT2D eigenvalue weighted by Gasteiger charge is -2.02. The molecule has 0 bridgehead atoms. The third-order valence-corrected chi connectivity index (χ3v) is 2.57. The van der Waals surface area contributed by atoms with Crippen molar-refractivity contribution in [2.45, 2.75) is 0 Å².